The molecule has 0 saturated carbocycles. The summed E-state index contributed by atoms with van der Waals surface area (Å²) in [6.45, 7) is 3.08. The molecule has 3 N–H and O–H groups in total. The standard InChI is InChI=1S/C15H21FN2O2/c1-10-2-3-12(15(17)20)8-18(10)9-14(19)11-4-6-13(16)7-5-11/h4-7,10,12,14,19H,2-3,8-9H2,1H3,(H2,17,20). The Morgan fingerprint density at radius 2 is 2.10 bits per heavy atom. The Bertz CT molecular complexity index is 463. The lowest BCUT2D eigenvalue weighted by molar-refractivity contribution is -0.124. The maximum absolute atomic E-state index is 12.9. The van der Waals surface area contributed by atoms with Gasteiger partial charge in [-0.3, -0.25) is 9.69 Å². The van der Waals surface area contributed by atoms with Gasteiger partial charge in [-0.1, -0.05) is 12.1 Å². The number of likely N-dealkylation sites (tertiary alicyclic amines) is 1. The van der Waals surface area contributed by atoms with Crippen molar-refractivity contribution < 1.29 is 14.3 Å². The van der Waals surface area contributed by atoms with Gasteiger partial charge >= 0.3 is 0 Å². The van der Waals surface area contributed by atoms with Crippen molar-refractivity contribution in [2.24, 2.45) is 11.7 Å². The van der Waals surface area contributed by atoms with E-state index in [0.717, 1.165) is 12.8 Å². The zero-order valence-electron chi connectivity index (χ0n) is 11.6. The largest absolute Gasteiger partial charge is 0.387 e. The summed E-state index contributed by atoms with van der Waals surface area (Å²) in [6.07, 6.45) is 1.01. The summed E-state index contributed by atoms with van der Waals surface area (Å²) in [5.41, 5.74) is 6.04. The summed E-state index contributed by atoms with van der Waals surface area (Å²) in [4.78, 5) is 13.4. The molecule has 3 unspecified atom stereocenters. The molecule has 5 heteroatoms. The van der Waals surface area contributed by atoms with E-state index in [4.69, 9.17) is 5.73 Å². The van der Waals surface area contributed by atoms with Gasteiger partial charge in [-0.2, -0.15) is 0 Å². The molecule has 1 aromatic rings. The highest BCUT2D eigenvalue weighted by molar-refractivity contribution is 5.76. The lowest BCUT2D eigenvalue weighted by Gasteiger charge is -2.37. The Labute approximate surface area is 118 Å². The predicted octanol–water partition coefficient (Wildman–Crippen LogP) is 1.44. The van der Waals surface area contributed by atoms with E-state index in [2.05, 4.69) is 11.8 Å². The van der Waals surface area contributed by atoms with Crippen LogP contribution in [-0.2, 0) is 4.79 Å². The zero-order chi connectivity index (χ0) is 14.7. The minimum atomic E-state index is -0.690. The van der Waals surface area contributed by atoms with Crippen LogP contribution in [0.3, 0.4) is 0 Å². The number of halogens is 1. The lowest BCUT2D eigenvalue weighted by Crippen LogP contribution is -2.47. The van der Waals surface area contributed by atoms with Crippen molar-refractivity contribution in [2.75, 3.05) is 13.1 Å². The number of carbonyl (C=O) groups excluding carboxylic acids is 1. The third-order valence-electron chi connectivity index (χ3n) is 4.08. The SMILES string of the molecule is CC1CCC(C(N)=O)CN1CC(O)c1ccc(F)cc1. The Balaban J connectivity index is 2.00. The van der Waals surface area contributed by atoms with E-state index < -0.39 is 6.10 Å². The summed E-state index contributed by atoms with van der Waals surface area (Å²) in [5, 5.41) is 10.2. The topological polar surface area (TPSA) is 66.6 Å². The van der Waals surface area contributed by atoms with Crippen LogP contribution in [0.2, 0.25) is 0 Å². The first-order valence-electron chi connectivity index (χ1n) is 6.94. The van der Waals surface area contributed by atoms with Crippen LogP contribution in [0.1, 0.15) is 31.4 Å². The molecule has 3 atom stereocenters. The van der Waals surface area contributed by atoms with E-state index in [1.165, 1.54) is 12.1 Å². The molecule has 1 amide bonds. The molecule has 1 aromatic carbocycles. The summed E-state index contributed by atoms with van der Waals surface area (Å²) in [7, 11) is 0. The van der Waals surface area contributed by atoms with Crippen molar-refractivity contribution in [3.8, 4) is 0 Å². The van der Waals surface area contributed by atoms with E-state index in [9.17, 15) is 14.3 Å². The quantitative estimate of drug-likeness (QED) is 0.877. The summed E-state index contributed by atoms with van der Waals surface area (Å²) >= 11 is 0. The first-order valence-corrected chi connectivity index (χ1v) is 6.94. The first kappa shape index (κ1) is 14.9. The van der Waals surface area contributed by atoms with E-state index in [1.54, 1.807) is 12.1 Å². The molecular weight excluding hydrogens is 259 g/mol. The number of aliphatic hydroxyl groups is 1. The van der Waals surface area contributed by atoms with Gasteiger partial charge in [0, 0.05) is 19.1 Å². The van der Waals surface area contributed by atoms with Crippen molar-refractivity contribution in [3.05, 3.63) is 35.6 Å². The first-order chi connectivity index (χ1) is 9.47. The monoisotopic (exact) mass is 280 g/mol. The predicted molar refractivity (Wildman–Crippen MR) is 74.3 cm³/mol. The van der Waals surface area contributed by atoms with Crippen molar-refractivity contribution in [3.63, 3.8) is 0 Å². The molecule has 1 aliphatic rings. The Kier molecular flexibility index (Phi) is 4.73. The van der Waals surface area contributed by atoms with Crippen LogP contribution in [-0.4, -0.2) is 35.0 Å². The lowest BCUT2D eigenvalue weighted by atomic mass is 9.92. The van der Waals surface area contributed by atoms with Crippen molar-refractivity contribution in [2.45, 2.75) is 31.9 Å². The Morgan fingerprint density at radius 1 is 1.45 bits per heavy atom. The van der Waals surface area contributed by atoms with Crippen molar-refractivity contribution in [1.29, 1.82) is 0 Å². The molecule has 1 aliphatic heterocycles. The van der Waals surface area contributed by atoms with Gasteiger partial charge in [0.2, 0.25) is 5.91 Å². The fraction of sp³-hybridized carbons (Fsp3) is 0.533. The molecule has 20 heavy (non-hydrogen) atoms. The van der Waals surface area contributed by atoms with Gasteiger partial charge in [0.1, 0.15) is 5.82 Å². The van der Waals surface area contributed by atoms with Crippen LogP contribution in [0.15, 0.2) is 24.3 Å². The van der Waals surface area contributed by atoms with Gasteiger partial charge in [0.15, 0.2) is 0 Å². The minimum Gasteiger partial charge on any atom is -0.387 e. The molecule has 0 bridgehead atoms. The second-order valence-electron chi connectivity index (χ2n) is 5.55. The Hall–Kier alpha value is -1.46. The number of hydrogen-bond donors (Lipinski definition) is 2. The third-order valence-corrected chi connectivity index (χ3v) is 4.08. The number of aliphatic hydroxyl groups excluding tert-OH is 1. The molecule has 4 nitrogen and oxygen atoms in total. The van der Waals surface area contributed by atoms with Crippen LogP contribution in [0.25, 0.3) is 0 Å². The maximum Gasteiger partial charge on any atom is 0.221 e. The van der Waals surface area contributed by atoms with Crippen LogP contribution >= 0.6 is 0 Å². The zero-order valence-corrected chi connectivity index (χ0v) is 11.6. The van der Waals surface area contributed by atoms with Gasteiger partial charge in [0.05, 0.1) is 12.0 Å². The van der Waals surface area contributed by atoms with Crippen LogP contribution in [0, 0.1) is 11.7 Å². The number of hydrogen-bond acceptors (Lipinski definition) is 3. The average Bonchev–Trinajstić information content (AvgIpc) is 2.41. The number of benzene rings is 1. The number of nitrogens with two attached hydrogens (primary N) is 1. The number of piperidine rings is 1. The summed E-state index contributed by atoms with van der Waals surface area (Å²) in [5.74, 6) is -0.745. The third kappa shape index (κ3) is 3.55. The van der Waals surface area contributed by atoms with Crippen LogP contribution in [0.5, 0.6) is 0 Å². The second kappa shape index (κ2) is 6.33. The van der Waals surface area contributed by atoms with E-state index >= 15 is 0 Å². The van der Waals surface area contributed by atoms with E-state index in [-0.39, 0.29) is 17.6 Å². The van der Waals surface area contributed by atoms with Crippen molar-refractivity contribution in [1.82, 2.24) is 4.90 Å². The molecule has 0 spiro atoms. The molecule has 1 heterocycles. The molecule has 0 aliphatic carbocycles. The summed E-state index contributed by atoms with van der Waals surface area (Å²) < 4.78 is 12.9. The smallest absolute Gasteiger partial charge is 0.221 e. The number of amides is 1. The maximum atomic E-state index is 12.9. The fourth-order valence-corrected chi connectivity index (χ4v) is 2.68. The molecule has 1 fully saturated rings. The van der Waals surface area contributed by atoms with E-state index in [1.807, 2.05) is 0 Å². The molecule has 1 saturated heterocycles. The highest BCUT2D eigenvalue weighted by Gasteiger charge is 2.29. The van der Waals surface area contributed by atoms with Crippen LogP contribution in [0.4, 0.5) is 4.39 Å². The van der Waals surface area contributed by atoms with Gasteiger partial charge in [0.25, 0.3) is 0 Å². The number of β-amino-alcohol motifs (C(OH)–C–C–N with tert-alkyl or cyclic N) is 1. The second-order valence-corrected chi connectivity index (χ2v) is 5.55. The molecule has 2 rings (SSSR count). The summed E-state index contributed by atoms with van der Waals surface area (Å²) in [6, 6.07) is 6.15. The number of nitrogens with zero attached hydrogens (tertiary/aromatic N) is 1. The van der Waals surface area contributed by atoms with Gasteiger partial charge < -0.3 is 10.8 Å². The highest BCUT2D eigenvalue weighted by Crippen LogP contribution is 2.24. The normalized spacial score (nSPS) is 25.4. The van der Waals surface area contributed by atoms with E-state index in [0.29, 0.717) is 24.7 Å². The Morgan fingerprint density at radius 3 is 2.70 bits per heavy atom. The minimum absolute atomic E-state index is 0.147. The number of carbonyl (C=O) groups is 1. The number of primary amides is 1. The molecule has 0 aromatic heterocycles. The molecular formula is C15H21FN2O2. The molecule has 110 valence electrons. The van der Waals surface area contributed by atoms with Gasteiger partial charge in [-0.15, -0.1) is 0 Å². The van der Waals surface area contributed by atoms with Gasteiger partial charge in [-0.05, 0) is 37.5 Å². The average molecular weight is 280 g/mol. The van der Waals surface area contributed by atoms with Crippen LogP contribution < -0.4 is 5.73 Å². The number of rotatable bonds is 4. The highest BCUT2D eigenvalue weighted by atomic mass is 19.1. The molecule has 0 radical (unpaired) electrons. The van der Waals surface area contributed by atoms with Crippen molar-refractivity contribution >= 4 is 5.91 Å². The van der Waals surface area contributed by atoms with Gasteiger partial charge in [-0.25, -0.2) is 4.39 Å². The fourth-order valence-electron chi connectivity index (χ4n) is 2.68.